The molecule has 1 amide bonds. The van der Waals surface area contributed by atoms with E-state index in [1.54, 1.807) is 7.11 Å². The second kappa shape index (κ2) is 5.01. The summed E-state index contributed by atoms with van der Waals surface area (Å²) in [6.07, 6.45) is 1.07. The summed E-state index contributed by atoms with van der Waals surface area (Å²) in [5.74, 6) is 0.573. The maximum atomic E-state index is 11.4. The Morgan fingerprint density at radius 1 is 1.59 bits per heavy atom. The Bertz CT molecular complexity index is 430. The van der Waals surface area contributed by atoms with Crippen molar-refractivity contribution < 1.29 is 14.3 Å². The second-order valence-electron chi connectivity index (χ2n) is 3.81. The maximum Gasteiger partial charge on any atom is 0.243 e. The van der Waals surface area contributed by atoms with Gasteiger partial charge in [0.25, 0.3) is 0 Å². The first-order valence-corrected chi connectivity index (χ1v) is 5.43. The number of amides is 1. The van der Waals surface area contributed by atoms with Crippen LogP contribution in [0, 0.1) is 0 Å². The summed E-state index contributed by atoms with van der Waals surface area (Å²) in [5.41, 5.74) is 0.931. The Morgan fingerprint density at radius 3 is 3.06 bits per heavy atom. The Hall–Kier alpha value is -1.81. The fourth-order valence-electron chi connectivity index (χ4n) is 1.92. The lowest BCUT2D eigenvalue weighted by Gasteiger charge is -2.32. The summed E-state index contributed by atoms with van der Waals surface area (Å²) in [5, 5.41) is 2.86. The van der Waals surface area contributed by atoms with E-state index in [-0.39, 0.29) is 18.1 Å². The zero-order valence-corrected chi connectivity index (χ0v) is 9.68. The summed E-state index contributed by atoms with van der Waals surface area (Å²) >= 11 is 0. The first-order valence-electron chi connectivity index (χ1n) is 5.43. The molecule has 0 aliphatic carbocycles. The zero-order valence-electron chi connectivity index (χ0n) is 9.68. The molecule has 0 spiro atoms. The molecule has 1 heterocycles. The monoisotopic (exact) mass is 233 g/mol. The Labute approximate surface area is 100 Å². The molecule has 0 fully saturated rings. The molecule has 0 aromatic heterocycles. The molecule has 0 bridgehead atoms. The van der Waals surface area contributed by atoms with Crippen LogP contribution in [0.3, 0.4) is 0 Å². The SMILES string of the molecule is C=CC(=O)NC1c2ccccc2OCC1OC. The highest BCUT2D eigenvalue weighted by Crippen LogP contribution is 2.32. The van der Waals surface area contributed by atoms with Gasteiger partial charge in [-0.25, -0.2) is 0 Å². The van der Waals surface area contributed by atoms with Crippen LogP contribution in [0.5, 0.6) is 5.75 Å². The number of carbonyl (C=O) groups excluding carboxylic acids is 1. The third-order valence-electron chi connectivity index (χ3n) is 2.81. The van der Waals surface area contributed by atoms with Gasteiger partial charge in [-0.1, -0.05) is 24.8 Å². The topological polar surface area (TPSA) is 47.6 Å². The van der Waals surface area contributed by atoms with E-state index in [0.29, 0.717) is 6.61 Å². The molecular weight excluding hydrogens is 218 g/mol. The Kier molecular flexibility index (Phi) is 3.44. The van der Waals surface area contributed by atoms with Crippen LogP contribution in [-0.4, -0.2) is 25.7 Å². The van der Waals surface area contributed by atoms with E-state index < -0.39 is 0 Å². The summed E-state index contributed by atoms with van der Waals surface area (Å²) in [6.45, 7) is 3.88. The van der Waals surface area contributed by atoms with Crippen LogP contribution in [0.1, 0.15) is 11.6 Å². The second-order valence-corrected chi connectivity index (χ2v) is 3.81. The van der Waals surface area contributed by atoms with Crippen LogP contribution < -0.4 is 10.1 Å². The van der Waals surface area contributed by atoms with Crippen molar-refractivity contribution in [3.8, 4) is 5.75 Å². The first-order chi connectivity index (χ1) is 8.26. The molecule has 1 N–H and O–H groups in total. The molecule has 1 aliphatic heterocycles. The van der Waals surface area contributed by atoms with Gasteiger partial charge in [-0.05, 0) is 12.1 Å². The normalized spacial score (nSPS) is 22.2. The lowest BCUT2D eigenvalue weighted by atomic mass is 9.98. The number of carbonyl (C=O) groups is 1. The van der Waals surface area contributed by atoms with Crippen molar-refractivity contribution in [3.05, 3.63) is 42.5 Å². The van der Waals surface area contributed by atoms with Crippen LogP contribution in [0.4, 0.5) is 0 Å². The van der Waals surface area contributed by atoms with Gasteiger partial charge in [0.05, 0.1) is 6.04 Å². The van der Waals surface area contributed by atoms with Gasteiger partial charge >= 0.3 is 0 Å². The molecule has 2 atom stereocenters. The number of benzene rings is 1. The number of hydrogen-bond acceptors (Lipinski definition) is 3. The van der Waals surface area contributed by atoms with E-state index in [4.69, 9.17) is 9.47 Å². The number of ether oxygens (including phenoxy) is 2. The first kappa shape index (κ1) is 11.7. The van der Waals surface area contributed by atoms with Gasteiger partial charge in [0.1, 0.15) is 18.5 Å². The molecule has 2 rings (SSSR count). The summed E-state index contributed by atoms with van der Waals surface area (Å²) in [4.78, 5) is 11.4. The number of fused-ring (bicyclic) bond motifs is 1. The summed E-state index contributed by atoms with van der Waals surface area (Å²) in [7, 11) is 1.61. The fraction of sp³-hybridized carbons (Fsp3) is 0.308. The Morgan fingerprint density at radius 2 is 2.35 bits per heavy atom. The number of rotatable bonds is 3. The van der Waals surface area contributed by atoms with Gasteiger partial charge in [-0.2, -0.15) is 0 Å². The number of nitrogens with one attached hydrogen (secondary N) is 1. The van der Waals surface area contributed by atoms with Crippen molar-refractivity contribution in [3.63, 3.8) is 0 Å². The molecular formula is C13H15NO3. The minimum atomic E-state index is -0.214. The standard InChI is InChI=1S/C13H15NO3/c1-3-12(15)14-13-9-6-4-5-7-10(9)17-8-11(13)16-2/h3-7,11,13H,1,8H2,2H3,(H,14,15). The predicted molar refractivity (Wildman–Crippen MR) is 63.8 cm³/mol. The number of hydrogen-bond donors (Lipinski definition) is 1. The van der Waals surface area contributed by atoms with Crippen molar-refractivity contribution in [2.24, 2.45) is 0 Å². The minimum absolute atomic E-state index is 0.186. The summed E-state index contributed by atoms with van der Waals surface area (Å²) < 4.78 is 10.9. The van der Waals surface area contributed by atoms with Crippen LogP contribution in [0.2, 0.25) is 0 Å². The number of methoxy groups -OCH3 is 1. The quantitative estimate of drug-likeness (QED) is 0.803. The average molecular weight is 233 g/mol. The van der Waals surface area contributed by atoms with Crippen molar-refractivity contribution >= 4 is 5.91 Å². The highest BCUT2D eigenvalue weighted by Gasteiger charge is 2.31. The lowest BCUT2D eigenvalue weighted by Crippen LogP contribution is -2.42. The van der Waals surface area contributed by atoms with E-state index in [1.165, 1.54) is 6.08 Å². The van der Waals surface area contributed by atoms with Crippen LogP contribution >= 0.6 is 0 Å². The lowest BCUT2D eigenvalue weighted by molar-refractivity contribution is -0.118. The van der Waals surface area contributed by atoms with E-state index in [2.05, 4.69) is 11.9 Å². The highest BCUT2D eigenvalue weighted by molar-refractivity contribution is 5.87. The zero-order chi connectivity index (χ0) is 12.3. The molecule has 1 aliphatic rings. The Balaban J connectivity index is 2.30. The van der Waals surface area contributed by atoms with Crippen LogP contribution in [0.15, 0.2) is 36.9 Å². The molecule has 1 aromatic carbocycles. The van der Waals surface area contributed by atoms with Gasteiger partial charge in [0, 0.05) is 12.7 Å². The molecule has 0 saturated carbocycles. The third-order valence-corrected chi connectivity index (χ3v) is 2.81. The summed E-state index contributed by atoms with van der Waals surface area (Å²) in [6, 6.07) is 7.42. The van der Waals surface area contributed by atoms with E-state index >= 15 is 0 Å². The molecule has 17 heavy (non-hydrogen) atoms. The molecule has 4 nitrogen and oxygen atoms in total. The van der Waals surface area contributed by atoms with Crippen molar-refractivity contribution in [2.75, 3.05) is 13.7 Å². The van der Waals surface area contributed by atoms with Crippen LogP contribution in [0.25, 0.3) is 0 Å². The minimum Gasteiger partial charge on any atom is -0.490 e. The molecule has 0 saturated heterocycles. The van der Waals surface area contributed by atoms with Gasteiger partial charge in [-0.3, -0.25) is 4.79 Å². The van der Waals surface area contributed by atoms with Gasteiger partial charge in [0.15, 0.2) is 0 Å². The van der Waals surface area contributed by atoms with Crippen molar-refractivity contribution in [1.29, 1.82) is 0 Å². The third kappa shape index (κ3) is 2.31. The predicted octanol–water partition coefficient (Wildman–Crippen LogP) is 1.44. The molecule has 1 aromatic rings. The number of para-hydroxylation sites is 1. The van der Waals surface area contributed by atoms with Crippen molar-refractivity contribution in [1.82, 2.24) is 5.32 Å². The highest BCUT2D eigenvalue weighted by atomic mass is 16.5. The van der Waals surface area contributed by atoms with Gasteiger partial charge in [0.2, 0.25) is 5.91 Å². The molecule has 2 unspecified atom stereocenters. The molecule has 90 valence electrons. The largest absolute Gasteiger partial charge is 0.490 e. The maximum absolute atomic E-state index is 11.4. The van der Waals surface area contributed by atoms with Crippen LogP contribution in [-0.2, 0) is 9.53 Å². The molecule has 4 heteroatoms. The smallest absolute Gasteiger partial charge is 0.243 e. The van der Waals surface area contributed by atoms with Gasteiger partial charge < -0.3 is 14.8 Å². The van der Waals surface area contributed by atoms with Gasteiger partial charge in [-0.15, -0.1) is 0 Å². The average Bonchev–Trinajstić information content (AvgIpc) is 2.39. The molecule has 0 radical (unpaired) electrons. The van der Waals surface area contributed by atoms with E-state index in [9.17, 15) is 4.79 Å². The van der Waals surface area contributed by atoms with Crippen molar-refractivity contribution in [2.45, 2.75) is 12.1 Å². The fourth-order valence-corrected chi connectivity index (χ4v) is 1.92. The van der Waals surface area contributed by atoms with E-state index in [1.807, 2.05) is 24.3 Å². The van der Waals surface area contributed by atoms with E-state index in [0.717, 1.165) is 11.3 Å².